The Kier molecular flexibility index (Phi) is 15.4. The minimum atomic E-state index is -0.845. The summed E-state index contributed by atoms with van der Waals surface area (Å²) in [7, 11) is 0. The number of ether oxygens (including phenoxy) is 1. The van der Waals surface area contributed by atoms with Gasteiger partial charge in [-0.3, -0.25) is 25.0 Å². The Hall–Kier alpha value is -2.25. The molecule has 0 aliphatic rings. The van der Waals surface area contributed by atoms with Gasteiger partial charge in [0, 0.05) is 50.9 Å². The summed E-state index contributed by atoms with van der Waals surface area (Å²) in [6, 6.07) is -0.426. The number of carbonyl (C=O) groups is 1. The molecule has 0 saturated heterocycles. The lowest BCUT2D eigenvalue weighted by molar-refractivity contribution is -0.559. The fourth-order valence-corrected chi connectivity index (χ4v) is 0.604. The van der Waals surface area contributed by atoms with Gasteiger partial charge in [-0.15, -0.1) is 6.58 Å². The van der Waals surface area contributed by atoms with E-state index in [1.54, 1.807) is 33.8 Å². The first-order valence-electron chi connectivity index (χ1n) is 6.55. The molecule has 0 saturated carbocycles. The van der Waals surface area contributed by atoms with Gasteiger partial charge >= 0.3 is 5.97 Å². The quantitative estimate of drug-likeness (QED) is 0.322. The zero-order valence-electron chi connectivity index (χ0n) is 13.9. The molecular formula is C14H26N2O6. The van der Waals surface area contributed by atoms with Crippen molar-refractivity contribution in [2.24, 2.45) is 0 Å². The highest BCUT2D eigenvalue weighted by Crippen LogP contribution is 2.12. The van der Waals surface area contributed by atoms with Gasteiger partial charge in [-0.1, -0.05) is 18.7 Å². The van der Waals surface area contributed by atoms with E-state index in [-0.39, 0.29) is 15.8 Å². The maximum atomic E-state index is 10.2. The van der Waals surface area contributed by atoms with Gasteiger partial charge in [0.1, 0.15) is 6.61 Å². The number of hydrogen-bond acceptors (Lipinski definition) is 6. The number of hydrogen-bond donors (Lipinski definition) is 0. The molecule has 8 heteroatoms. The lowest BCUT2D eigenvalue weighted by Crippen LogP contribution is -2.29. The number of esters is 1. The van der Waals surface area contributed by atoms with E-state index in [4.69, 9.17) is 0 Å². The van der Waals surface area contributed by atoms with Crippen molar-refractivity contribution in [3.63, 3.8) is 0 Å². The molecule has 8 nitrogen and oxygen atoms in total. The van der Waals surface area contributed by atoms with Crippen LogP contribution < -0.4 is 0 Å². The maximum Gasteiger partial charge on any atom is 0.302 e. The highest BCUT2D eigenvalue weighted by atomic mass is 16.6. The molecule has 22 heavy (non-hydrogen) atoms. The Morgan fingerprint density at radius 1 is 1.23 bits per heavy atom. The Bertz CT molecular complexity index is 378. The number of nitrogens with zero attached hydrogens (tertiary/aromatic N) is 2. The van der Waals surface area contributed by atoms with Gasteiger partial charge in [-0.05, 0) is 0 Å². The summed E-state index contributed by atoms with van der Waals surface area (Å²) in [5.74, 6) is -0.264. The SMILES string of the molecule is C=CCC(C)(C)[N+](=O)[O-].C=CCOC(C)=O.CC(C)[N+](=O)[O-]. The number of rotatable bonds is 6. The molecule has 0 radical (unpaired) electrons. The highest BCUT2D eigenvalue weighted by molar-refractivity contribution is 5.65. The Morgan fingerprint density at radius 2 is 1.64 bits per heavy atom. The van der Waals surface area contributed by atoms with Crippen molar-refractivity contribution in [3.8, 4) is 0 Å². The second-order valence-electron chi connectivity index (χ2n) is 5.03. The van der Waals surface area contributed by atoms with Crippen LogP contribution in [0.1, 0.15) is 41.0 Å². The van der Waals surface area contributed by atoms with Crippen LogP contribution in [0.2, 0.25) is 0 Å². The molecule has 128 valence electrons. The van der Waals surface area contributed by atoms with E-state index in [0.29, 0.717) is 13.0 Å². The molecule has 0 fully saturated rings. The maximum absolute atomic E-state index is 10.2. The van der Waals surface area contributed by atoms with Gasteiger partial charge in [0.15, 0.2) is 0 Å². The average molecular weight is 318 g/mol. The van der Waals surface area contributed by atoms with Crippen molar-refractivity contribution in [3.05, 3.63) is 45.5 Å². The van der Waals surface area contributed by atoms with E-state index in [9.17, 15) is 25.0 Å². The minimum Gasteiger partial charge on any atom is -0.462 e. The van der Waals surface area contributed by atoms with Crippen molar-refractivity contribution in [1.82, 2.24) is 0 Å². The molecule has 0 bridgehead atoms. The van der Waals surface area contributed by atoms with Gasteiger partial charge in [-0.25, -0.2) is 0 Å². The first-order chi connectivity index (χ1) is 9.92. The molecule has 0 N–H and O–H groups in total. The molecule has 0 atom stereocenters. The molecule has 0 rings (SSSR count). The molecule has 0 spiro atoms. The largest absolute Gasteiger partial charge is 0.462 e. The summed E-state index contributed by atoms with van der Waals surface area (Å²) in [6.45, 7) is 14.7. The molecule has 0 aliphatic carbocycles. The third-order valence-corrected chi connectivity index (χ3v) is 1.96. The van der Waals surface area contributed by atoms with Crippen LogP contribution in [-0.2, 0) is 9.53 Å². The van der Waals surface area contributed by atoms with Crippen LogP contribution in [0.15, 0.2) is 25.3 Å². The number of nitro groups is 2. The van der Waals surface area contributed by atoms with Gasteiger partial charge in [0.25, 0.3) is 0 Å². The van der Waals surface area contributed by atoms with Crippen LogP contribution in [-0.4, -0.2) is 34.0 Å². The van der Waals surface area contributed by atoms with E-state index in [2.05, 4.69) is 17.9 Å². The van der Waals surface area contributed by atoms with Crippen LogP contribution in [0.25, 0.3) is 0 Å². The molecule has 0 unspecified atom stereocenters. The molecule has 0 aromatic heterocycles. The normalized spacial score (nSPS) is 9.36. The molecule has 0 heterocycles. The lowest BCUT2D eigenvalue weighted by Gasteiger charge is -2.11. The summed E-state index contributed by atoms with van der Waals surface area (Å²) >= 11 is 0. The summed E-state index contributed by atoms with van der Waals surface area (Å²) in [6.07, 6.45) is 3.50. The van der Waals surface area contributed by atoms with Crippen LogP contribution in [0, 0.1) is 20.2 Å². The van der Waals surface area contributed by atoms with E-state index < -0.39 is 11.6 Å². The summed E-state index contributed by atoms with van der Waals surface area (Å²) in [5, 5.41) is 19.7. The van der Waals surface area contributed by atoms with E-state index >= 15 is 0 Å². The van der Waals surface area contributed by atoms with Gasteiger partial charge in [0.2, 0.25) is 11.6 Å². The van der Waals surface area contributed by atoms with Crippen molar-refractivity contribution in [1.29, 1.82) is 0 Å². The predicted octanol–water partition coefficient (Wildman–Crippen LogP) is 3.02. The van der Waals surface area contributed by atoms with Crippen molar-refractivity contribution >= 4 is 5.97 Å². The lowest BCUT2D eigenvalue weighted by atomic mass is 10.0. The standard InChI is InChI=1S/C6H11NO2.C5H8O2.C3H7NO2/c1-4-5-6(2,3)7(8)9;1-3-4-7-5(2)6;1-3(2)4(5)6/h4H,1,5H2,2-3H3;3H,1,4H2,2H3;3H,1-2H3. The monoisotopic (exact) mass is 318 g/mol. The third-order valence-electron chi connectivity index (χ3n) is 1.96. The molecule has 0 aromatic carbocycles. The molecule has 0 aliphatic heterocycles. The second kappa shape index (κ2) is 13.7. The summed E-state index contributed by atoms with van der Waals surface area (Å²) < 4.78 is 4.43. The topological polar surface area (TPSA) is 113 Å². The Labute approximate surface area is 131 Å². The van der Waals surface area contributed by atoms with E-state index in [0.717, 1.165) is 0 Å². The fraction of sp³-hybridized carbons (Fsp3) is 0.643. The van der Waals surface area contributed by atoms with Gasteiger partial charge in [0.05, 0.1) is 0 Å². The highest BCUT2D eigenvalue weighted by Gasteiger charge is 2.28. The van der Waals surface area contributed by atoms with Gasteiger partial charge in [-0.2, -0.15) is 0 Å². The zero-order valence-corrected chi connectivity index (χ0v) is 13.9. The van der Waals surface area contributed by atoms with Crippen LogP contribution in [0.5, 0.6) is 0 Å². The van der Waals surface area contributed by atoms with Gasteiger partial charge < -0.3 is 4.74 Å². The predicted molar refractivity (Wildman–Crippen MR) is 84.8 cm³/mol. The minimum absolute atomic E-state index is 0.264. The fourth-order valence-electron chi connectivity index (χ4n) is 0.604. The first kappa shape index (κ1) is 24.7. The first-order valence-corrected chi connectivity index (χ1v) is 6.55. The van der Waals surface area contributed by atoms with E-state index in [1.807, 2.05) is 0 Å². The summed E-state index contributed by atoms with van der Waals surface area (Å²) in [4.78, 5) is 29.0. The molecular weight excluding hydrogens is 292 g/mol. The Morgan fingerprint density at radius 3 is 1.73 bits per heavy atom. The molecule has 0 aromatic rings. The van der Waals surface area contributed by atoms with Crippen molar-refractivity contribution < 1.29 is 19.4 Å². The Balaban J connectivity index is -0.000000252. The zero-order chi connectivity index (χ0) is 18.3. The van der Waals surface area contributed by atoms with Crippen molar-refractivity contribution in [2.75, 3.05) is 6.61 Å². The van der Waals surface area contributed by atoms with Crippen LogP contribution in [0.4, 0.5) is 0 Å². The summed E-state index contributed by atoms with van der Waals surface area (Å²) in [5.41, 5.74) is -0.845. The average Bonchev–Trinajstić information content (AvgIpc) is 2.37. The van der Waals surface area contributed by atoms with Crippen LogP contribution >= 0.6 is 0 Å². The number of carbonyl (C=O) groups excluding carboxylic acids is 1. The third kappa shape index (κ3) is 20.1. The smallest absolute Gasteiger partial charge is 0.302 e. The molecule has 0 amide bonds. The van der Waals surface area contributed by atoms with Crippen LogP contribution in [0.3, 0.4) is 0 Å². The van der Waals surface area contributed by atoms with E-state index in [1.165, 1.54) is 13.0 Å². The second-order valence-corrected chi connectivity index (χ2v) is 5.03. The van der Waals surface area contributed by atoms with Crippen molar-refractivity contribution in [2.45, 2.75) is 52.6 Å².